The van der Waals surface area contributed by atoms with E-state index in [0.29, 0.717) is 6.04 Å². The Hall–Kier alpha value is -0.220. The third-order valence-corrected chi connectivity index (χ3v) is 4.05. The Morgan fingerprint density at radius 2 is 2.27 bits per heavy atom. The molecule has 1 amide bonds. The van der Waals surface area contributed by atoms with Gasteiger partial charge in [0.2, 0.25) is 5.91 Å². The van der Waals surface area contributed by atoms with Crippen LogP contribution in [0.25, 0.3) is 0 Å². The van der Waals surface area contributed by atoms with Crippen LogP contribution in [0, 0.1) is 5.92 Å². The third kappa shape index (κ3) is 3.38. The standard InChI is InChI=1S/C11H22N2OS/c1-8(7-15-3)13(2)11(14)9-4-5-10(12)6-9/h8-10H,4-7,12H2,1-3H3. The highest BCUT2D eigenvalue weighted by atomic mass is 32.2. The average molecular weight is 230 g/mol. The molecule has 4 heteroatoms. The molecule has 3 unspecified atom stereocenters. The van der Waals surface area contributed by atoms with E-state index < -0.39 is 0 Å². The Kier molecular flexibility index (Phi) is 4.93. The van der Waals surface area contributed by atoms with Gasteiger partial charge in [-0.15, -0.1) is 0 Å². The summed E-state index contributed by atoms with van der Waals surface area (Å²) in [6, 6.07) is 0.563. The van der Waals surface area contributed by atoms with Crippen LogP contribution in [0.1, 0.15) is 26.2 Å². The smallest absolute Gasteiger partial charge is 0.225 e. The highest BCUT2D eigenvalue weighted by molar-refractivity contribution is 7.98. The molecule has 15 heavy (non-hydrogen) atoms. The van der Waals surface area contributed by atoms with Crippen molar-refractivity contribution in [3.8, 4) is 0 Å². The van der Waals surface area contributed by atoms with Gasteiger partial charge in [0.1, 0.15) is 0 Å². The zero-order valence-corrected chi connectivity index (χ0v) is 10.7. The first-order valence-electron chi connectivity index (χ1n) is 5.57. The predicted molar refractivity (Wildman–Crippen MR) is 65.9 cm³/mol. The summed E-state index contributed by atoms with van der Waals surface area (Å²) in [5, 5.41) is 0. The Morgan fingerprint density at radius 1 is 1.60 bits per heavy atom. The minimum Gasteiger partial charge on any atom is -0.342 e. The monoisotopic (exact) mass is 230 g/mol. The number of hydrogen-bond acceptors (Lipinski definition) is 3. The van der Waals surface area contributed by atoms with Crippen molar-refractivity contribution in [3.63, 3.8) is 0 Å². The molecule has 0 aromatic rings. The van der Waals surface area contributed by atoms with Gasteiger partial charge in [-0.2, -0.15) is 11.8 Å². The van der Waals surface area contributed by atoms with E-state index in [0.717, 1.165) is 25.0 Å². The summed E-state index contributed by atoms with van der Waals surface area (Å²) >= 11 is 1.78. The summed E-state index contributed by atoms with van der Waals surface area (Å²) < 4.78 is 0. The molecule has 0 aromatic heterocycles. The van der Waals surface area contributed by atoms with Crippen molar-refractivity contribution < 1.29 is 4.79 Å². The number of rotatable bonds is 4. The normalized spacial score (nSPS) is 27.7. The molecule has 1 fully saturated rings. The average Bonchev–Trinajstić information content (AvgIpc) is 2.63. The van der Waals surface area contributed by atoms with Crippen molar-refractivity contribution in [3.05, 3.63) is 0 Å². The molecule has 0 aliphatic heterocycles. The van der Waals surface area contributed by atoms with E-state index in [1.54, 1.807) is 11.8 Å². The highest BCUT2D eigenvalue weighted by Crippen LogP contribution is 2.26. The van der Waals surface area contributed by atoms with Crippen LogP contribution in [0.15, 0.2) is 0 Å². The van der Waals surface area contributed by atoms with Crippen molar-refractivity contribution in [2.45, 2.75) is 38.3 Å². The van der Waals surface area contributed by atoms with Gasteiger partial charge in [-0.1, -0.05) is 0 Å². The molecule has 0 radical (unpaired) electrons. The SMILES string of the molecule is CSCC(C)N(C)C(=O)C1CCC(N)C1. The van der Waals surface area contributed by atoms with Gasteiger partial charge in [0.25, 0.3) is 0 Å². The summed E-state index contributed by atoms with van der Waals surface area (Å²) in [5.74, 6) is 1.46. The number of nitrogens with zero attached hydrogens (tertiary/aromatic N) is 1. The molecule has 1 saturated carbocycles. The molecule has 0 heterocycles. The second kappa shape index (κ2) is 5.75. The number of nitrogens with two attached hydrogens (primary N) is 1. The molecule has 1 aliphatic rings. The molecule has 0 aromatic carbocycles. The van der Waals surface area contributed by atoms with Crippen molar-refractivity contribution >= 4 is 17.7 Å². The van der Waals surface area contributed by atoms with E-state index in [4.69, 9.17) is 5.73 Å². The van der Waals surface area contributed by atoms with Gasteiger partial charge in [-0.05, 0) is 32.4 Å². The van der Waals surface area contributed by atoms with Crippen LogP contribution in [-0.2, 0) is 4.79 Å². The fourth-order valence-corrected chi connectivity index (χ4v) is 2.80. The van der Waals surface area contributed by atoms with Crippen LogP contribution in [-0.4, -0.2) is 41.9 Å². The lowest BCUT2D eigenvalue weighted by molar-refractivity contribution is -0.135. The van der Waals surface area contributed by atoms with E-state index in [1.165, 1.54) is 0 Å². The summed E-state index contributed by atoms with van der Waals surface area (Å²) in [4.78, 5) is 14.0. The van der Waals surface area contributed by atoms with Crippen molar-refractivity contribution in [1.82, 2.24) is 4.90 Å². The quantitative estimate of drug-likeness (QED) is 0.792. The molecule has 0 saturated heterocycles. The van der Waals surface area contributed by atoms with E-state index in [9.17, 15) is 4.79 Å². The van der Waals surface area contributed by atoms with E-state index >= 15 is 0 Å². The van der Waals surface area contributed by atoms with Crippen LogP contribution >= 0.6 is 11.8 Å². The summed E-state index contributed by atoms with van der Waals surface area (Å²) in [7, 11) is 1.91. The summed E-state index contributed by atoms with van der Waals surface area (Å²) in [6.45, 7) is 2.10. The number of carbonyl (C=O) groups is 1. The summed E-state index contributed by atoms with van der Waals surface area (Å²) in [5.41, 5.74) is 5.82. The van der Waals surface area contributed by atoms with Crippen LogP contribution in [0.2, 0.25) is 0 Å². The molecule has 3 atom stereocenters. The van der Waals surface area contributed by atoms with E-state index in [1.807, 2.05) is 11.9 Å². The molecular formula is C11H22N2OS. The van der Waals surface area contributed by atoms with Crippen molar-refractivity contribution in [2.24, 2.45) is 11.7 Å². The number of amides is 1. The fourth-order valence-electron chi connectivity index (χ4n) is 2.10. The maximum absolute atomic E-state index is 12.1. The lowest BCUT2D eigenvalue weighted by Crippen LogP contribution is -2.40. The van der Waals surface area contributed by atoms with E-state index in [2.05, 4.69) is 13.2 Å². The van der Waals surface area contributed by atoms with Crippen molar-refractivity contribution in [2.75, 3.05) is 19.1 Å². The van der Waals surface area contributed by atoms with Crippen LogP contribution < -0.4 is 5.73 Å². The molecule has 3 nitrogen and oxygen atoms in total. The van der Waals surface area contributed by atoms with Gasteiger partial charge in [0.05, 0.1) is 0 Å². The van der Waals surface area contributed by atoms with E-state index in [-0.39, 0.29) is 17.9 Å². The Labute approximate surface area is 96.8 Å². The lowest BCUT2D eigenvalue weighted by atomic mass is 10.1. The molecule has 2 N–H and O–H groups in total. The second-order valence-corrected chi connectivity index (χ2v) is 5.43. The fraction of sp³-hybridized carbons (Fsp3) is 0.909. The Balaban J connectivity index is 2.45. The van der Waals surface area contributed by atoms with Gasteiger partial charge in [0, 0.05) is 30.8 Å². The largest absolute Gasteiger partial charge is 0.342 e. The lowest BCUT2D eigenvalue weighted by Gasteiger charge is -2.27. The minimum absolute atomic E-state index is 0.175. The highest BCUT2D eigenvalue weighted by Gasteiger charge is 2.30. The van der Waals surface area contributed by atoms with Gasteiger partial charge >= 0.3 is 0 Å². The first-order chi connectivity index (χ1) is 7.06. The zero-order valence-electron chi connectivity index (χ0n) is 9.90. The maximum Gasteiger partial charge on any atom is 0.225 e. The third-order valence-electron chi connectivity index (χ3n) is 3.24. The van der Waals surface area contributed by atoms with Crippen LogP contribution in [0.5, 0.6) is 0 Å². The summed E-state index contributed by atoms with van der Waals surface area (Å²) in [6.07, 6.45) is 4.91. The Morgan fingerprint density at radius 3 is 2.73 bits per heavy atom. The maximum atomic E-state index is 12.1. The number of hydrogen-bond donors (Lipinski definition) is 1. The topological polar surface area (TPSA) is 46.3 Å². The van der Waals surface area contributed by atoms with Gasteiger partial charge in [-0.3, -0.25) is 4.79 Å². The molecule has 1 aliphatic carbocycles. The first-order valence-corrected chi connectivity index (χ1v) is 6.96. The van der Waals surface area contributed by atoms with Gasteiger partial charge < -0.3 is 10.6 Å². The number of carbonyl (C=O) groups excluding carboxylic acids is 1. The molecule has 0 bridgehead atoms. The molecule has 0 spiro atoms. The minimum atomic E-state index is 0.175. The molecular weight excluding hydrogens is 208 g/mol. The van der Waals surface area contributed by atoms with Crippen molar-refractivity contribution in [1.29, 1.82) is 0 Å². The second-order valence-electron chi connectivity index (χ2n) is 4.52. The van der Waals surface area contributed by atoms with Crippen LogP contribution in [0.4, 0.5) is 0 Å². The predicted octanol–water partition coefficient (Wildman–Crippen LogP) is 1.32. The van der Waals surface area contributed by atoms with Gasteiger partial charge in [0.15, 0.2) is 0 Å². The molecule has 1 rings (SSSR count). The van der Waals surface area contributed by atoms with Gasteiger partial charge in [-0.25, -0.2) is 0 Å². The zero-order chi connectivity index (χ0) is 11.4. The first kappa shape index (κ1) is 12.8. The number of thioether (sulfide) groups is 1. The van der Waals surface area contributed by atoms with Crippen LogP contribution in [0.3, 0.4) is 0 Å². The Bertz CT molecular complexity index is 223. The molecule has 88 valence electrons.